The maximum Gasteiger partial charge on any atom is 0.226 e. The first-order valence-electron chi connectivity index (χ1n) is 6.53. The van der Waals surface area contributed by atoms with Crippen LogP contribution in [0.1, 0.15) is 18.6 Å². The van der Waals surface area contributed by atoms with Crippen molar-refractivity contribution in [1.29, 1.82) is 0 Å². The van der Waals surface area contributed by atoms with Gasteiger partial charge in [-0.25, -0.2) is 0 Å². The van der Waals surface area contributed by atoms with Crippen LogP contribution in [0.2, 0.25) is 0 Å². The zero-order valence-electron chi connectivity index (χ0n) is 10.9. The van der Waals surface area contributed by atoms with E-state index >= 15 is 0 Å². The minimum absolute atomic E-state index is 0.0273. The topological polar surface area (TPSA) is 57.5 Å². The van der Waals surface area contributed by atoms with E-state index in [1.807, 2.05) is 13.0 Å². The number of carbonyl (C=O) groups is 1. The smallest absolute Gasteiger partial charge is 0.226 e. The molecule has 1 amide bonds. The predicted octanol–water partition coefficient (Wildman–Crippen LogP) is 1.21. The van der Waals surface area contributed by atoms with E-state index in [1.54, 1.807) is 6.07 Å². The van der Waals surface area contributed by atoms with Crippen LogP contribution in [0.3, 0.4) is 0 Å². The van der Waals surface area contributed by atoms with Crippen molar-refractivity contribution >= 4 is 11.8 Å². The molecule has 1 fully saturated rings. The monoisotopic (exact) mass is 251 g/mol. The average Bonchev–Trinajstić information content (AvgIpc) is 2.76. The number of hydrogen-bond acceptors (Lipinski definition) is 4. The first-order valence-corrected chi connectivity index (χ1v) is 6.53. The fraction of sp³-hybridized carbons (Fsp3) is 0.615. The molecule has 1 aliphatic rings. The summed E-state index contributed by atoms with van der Waals surface area (Å²) in [5.41, 5.74) is 0. The van der Waals surface area contributed by atoms with Gasteiger partial charge in [-0.2, -0.15) is 0 Å². The molecule has 100 valence electrons. The number of hydrogen-bond donors (Lipinski definition) is 2. The Labute approximate surface area is 108 Å². The Morgan fingerprint density at radius 1 is 1.44 bits per heavy atom. The van der Waals surface area contributed by atoms with Crippen molar-refractivity contribution in [3.63, 3.8) is 0 Å². The lowest BCUT2D eigenvalue weighted by molar-refractivity contribution is -0.116. The van der Waals surface area contributed by atoms with Crippen LogP contribution in [0.5, 0.6) is 0 Å². The summed E-state index contributed by atoms with van der Waals surface area (Å²) < 4.78 is 5.30. The van der Waals surface area contributed by atoms with Crippen LogP contribution in [0.15, 0.2) is 16.5 Å². The quantitative estimate of drug-likeness (QED) is 0.826. The second kappa shape index (κ2) is 6.56. The summed E-state index contributed by atoms with van der Waals surface area (Å²) in [5, 5.41) is 6.08. The first-order chi connectivity index (χ1) is 8.74. The van der Waals surface area contributed by atoms with Gasteiger partial charge in [0.15, 0.2) is 5.88 Å². The highest BCUT2D eigenvalue weighted by Gasteiger charge is 2.10. The summed E-state index contributed by atoms with van der Waals surface area (Å²) in [6.45, 7) is 7.13. The summed E-state index contributed by atoms with van der Waals surface area (Å²) in [6, 6.07) is 3.62. The largest absolute Gasteiger partial charge is 0.446 e. The maximum atomic E-state index is 11.7. The number of rotatable bonds is 5. The second-order valence-electron chi connectivity index (χ2n) is 4.65. The van der Waals surface area contributed by atoms with Gasteiger partial charge in [0, 0.05) is 38.7 Å². The van der Waals surface area contributed by atoms with Crippen LogP contribution in [0.4, 0.5) is 5.88 Å². The molecule has 0 bridgehead atoms. The van der Waals surface area contributed by atoms with Crippen LogP contribution >= 0.6 is 0 Å². The molecule has 2 heterocycles. The standard InChI is InChI=1S/C13H21N3O2/c1-11-4-5-13(18-11)15-12(17)3-2-8-16-9-6-14-7-10-16/h4-5,14H,2-3,6-10H2,1H3,(H,15,17). The number of furan rings is 1. The van der Waals surface area contributed by atoms with Gasteiger partial charge in [0.1, 0.15) is 5.76 Å². The number of anilines is 1. The minimum Gasteiger partial charge on any atom is -0.446 e. The van der Waals surface area contributed by atoms with Crippen LogP contribution in [0, 0.1) is 6.92 Å². The van der Waals surface area contributed by atoms with Crippen molar-refractivity contribution in [2.45, 2.75) is 19.8 Å². The van der Waals surface area contributed by atoms with Gasteiger partial charge in [0.05, 0.1) is 0 Å². The lowest BCUT2D eigenvalue weighted by Gasteiger charge is -2.26. The van der Waals surface area contributed by atoms with Gasteiger partial charge in [-0.15, -0.1) is 0 Å². The molecular weight excluding hydrogens is 230 g/mol. The van der Waals surface area contributed by atoms with Gasteiger partial charge in [0.2, 0.25) is 5.91 Å². The molecule has 0 saturated carbocycles. The van der Waals surface area contributed by atoms with Gasteiger partial charge in [-0.05, 0) is 26.0 Å². The van der Waals surface area contributed by atoms with Gasteiger partial charge in [0.25, 0.3) is 0 Å². The van der Waals surface area contributed by atoms with E-state index in [0.717, 1.165) is 44.9 Å². The van der Waals surface area contributed by atoms with E-state index in [9.17, 15) is 4.79 Å². The highest BCUT2D eigenvalue weighted by Crippen LogP contribution is 2.12. The van der Waals surface area contributed by atoms with E-state index in [2.05, 4.69) is 15.5 Å². The van der Waals surface area contributed by atoms with Crippen molar-refractivity contribution < 1.29 is 9.21 Å². The molecule has 2 rings (SSSR count). The van der Waals surface area contributed by atoms with Crippen LogP contribution in [0.25, 0.3) is 0 Å². The third-order valence-electron chi connectivity index (χ3n) is 3.09. The van der Waals surface area contributed by atoms with Gasteiger partial charge in [-0.3, -0.25) is 10.1 Å². The van der Waals surface area contributed by atoms with Crippen molar-refractivity contribution in [3.8, 4) is 0 Å². The number of amides is 1. The zero-order valence-corrected chi connectivity index (χ0v) is 10.9. The second-order valence-corrected chi connectivity index (χ2v) is 4.65. The molecule has 0 aliphatic carbocycles. The molecule has 0 radical (unpaired) electrons. The van der Waals surface area contributed by atoms with Gasteiger partial charge in [-0.1, -0.05) is 0 Å². The van der Waals surface area contributed by atoms with Crippen LogP contribution in [-0.4, -0.2) is 43.5 Å². The lowest BCUT2D eigenvalue weighted by Crippen LogP contribution is -2.43. The van der Waals surface area contributed by atoms with Crippen LogP contribution < -0.4 is 10.6 Å². The number of aryl methyl sites for hydroxylation is 1. The molecule has 0 unspecified atom stereocenters. The molecule has 5 nitrogen and oxygen atoms in total. The molecule has 1 saturated heterocycles. The fourth-order valence-electron chi connectivity index (χ4n) is 2.10. The normalized spacial score (nSPS) is 16.7. The Balaban J connectivity index is 1.62. The molecule has 1 aromatic heterocycles. The Kier molecular flexibility index (Phi) is 4.78. The van der Waals surface area contributed by atoms with E-state index in [4.69, 9.17) is 4.42 Å². The Morgan fingerprint density at radius 3 is 2.89 bits per heavy atom. The number of nitrogens with zero attached hydrogens (tertiary/aromatic N) is 1. The third-order valence-corrected chi connectivity index (χ3v) is 3.09. The van der Waals surface area contributed by atoms with E-state index in [0.29, 0.717) is 12.3 Å². The lowest BCUT2D eigenvalue weighted by atomic mass is 10.2. The van der Waals surface area contributed by atoms with Crippen molar-refractivity contribution in [3.05, 3.63) is 17.9 Å². The summed E-state index contributed by atoms with van der Waals surface area (Å²) in [5.74, 6) is 1.38. The summed E-state index contributed by atoms with van der Waals surface area (Å²) in [6.07, 6.45) is 1.44. The number of carbonyl (C=O) groups excluding carboxylic acids is 1. The molecule has 2 N–H and O–H groups in total. The van der Waals surface area contributed by atoms with E-state index in [-0.39, 0.29) is 5.91 Å². The maximum absolute atomic E-state index is 11.7. The molecule has 0 spiro atoms. The molecule has 18 heavy (non-hydrogen) atoms. The molecule has 5 heteroatoms. The van der Waals surface area contributed by atoms with E-state index in [1.165, 1.54) is 0 Å². The molecule has 0 aromatic carbocycles. The van der Waals surface area contributed by atoms with E-state index < -0.39 is 0 Å². The SMILES string of the molecule is Cc1ccc(NC(=O)CCCN2CCNCC2)o1. The Morgan fingerprint density at radius 2 is 2.22 bits per heavy atom. The van der Waals surface area contributed by atoms with Crippen LogP contribution in [-0.2, 0) is 4.79 Å². The number of nitrogens with one attached hydrogen (secondary N) is 2. The van der Waals surface area contributed by atoms with Crippen molar-refractivity contribution in [2.24, 2.45) is 0 Å². The molecule has 0 atom stereocenters. The van der Waals surface area contributed by atoms with Crippen molar-refractivity contribution in [1.82, 2.24) is 10.2 Å². The summed E-state index contributed by atoms with van der Waals surface area (Å²) in [7, 11) is 0. The van der Waals surface area contributed by atoms with Gasteiger partial charge >= 0.3 is 0 Å². The Bertz CT molecular complexity index is 383. The summed E-state index contributed by atoms with van der Waals surface area (Å²) in [4.78, 5) is 14.1. The highest BCUT2D eigenvalue weighted by atomic mass is 16.4. The summed E-state index contributed by atoms with van der Waals surface area (Å²) >= 11 is 0. The Hall–Kier alpha value is -1.33. The average molecular weight is 251 g/mol. The van der Waals surface area contributed by atoms with Gasteiger partial charge < -0.3 is 14.6 Å². The van der Waals surface area contributed by atoms with Crippen molar-refractivity contribution in [2.75, 3.05) is 38.0 Å². The number of piperazine rings is 1. The predicted molar refractivity (Wildman–Crippen MR) is 70.6 cm³/mol. The third kappa shape index (κ3) is 4.16. The molecule has 1 aliphatic heterocycles. The first kappa shape index (κ1) is 13.1. The minimum atomic E-state index is 0.0273. The zero-order chi connectivity index (χ0) is 12.8. The molecular formula is C13H21N3O2. The fourth-order valence-corrected chi connectivity index (χ4v) is 2.10. The highest BCUT2D eigenvalue weighted by molar-refractivity contribution is 5.89. The molecule has 1 aromatic rings.